The van der Waals surface area contributed by atoms with Crippen LogP contribution in [0.2, 0.25) is 0 Å². The predicted molar refractivity (Wildman–Crippen MR) is 77.3 cm³/mol. The maximum absolute atomic E-state index is 11.6. The van der Waals surface area contributed by atoms with Crippen LogP contribution < -0.4 is 0 Å². The Hall–Kier alpha value is -3.09. The van der Waals surface area contributed by atoms with Gasteiger partial charge in [0.15, 0.2) is 0 Å². The van der Waals surface area contributed by atoms with E-state index >= 15 is 0 Å². The number of fused-ring (bicyclic) bond motifs is 1. The Morgan fingerprint density at radius 1 is 1.23 bits per heavy atom. The maximum atomic E-state index is 11.6. The number of hydrogen-bond acceptors (Lipinski definition) is 5. The number of carboxylic acids is 1. The molecule has 7 nitrogen and oxygen atoms in total. The van der Waals surface area contributed by atoms with Gasteiger partial charge in [0.05, 0.1) is 12.6 Å². The van der Waals surface area contributed by atoms with Crippen LogP contribution in [0.15, 0.2) is 36.2 Å². The van der Waals surface area contributed by atoms with Crippen LogP contribution in [0.3, 0.4) is 0 Å². The standard InChI is InChI=1S/C15H13NO6/c1-9(17)16-8-10(11-5-3-4-6-12(11)16)7-13(14(18)19)22-15(20)21-2/h3-8H,1-2H3,(H,18,19)/b13-7+. The van der Waals surface area contributed by atoms with Gasteiger partial charge in [-0.1, -0.05) is 18.2 Å². The van der Waals surface area contributed by atoms with Gasteiger partial charge >= 0.3 is 12.1 Å². The molecule has 2 rings (SSSR count). The monoisotopic (exact) mass is 303 g/mol. The van der Waals surface area contributed by atoms with Crippen LogP contribution in [0.1, 0.15) is 17.3 Å². The molecule has 0 radical (unpaired) electrons. The number of methoxy groups -OCH3 is 1. The molecule has 1 N–H and O–H groups in total. The van der Waals surface area contributed by atoms with Crippen LogP contribution in [0, 0.1) is 0 Å². The van der Waals surface area contributed by atoms with Crippen molar-refractivity contribution in [2.45, 2.75) is 6.92 Å². The molecule has 0 saturated heterocycles. The first-order valence-corrected chi connectivity index (χ1v) is 6.26. The maximum Gasteiger partial charge on any atom is 0.513 e. The van der Waals surface area contributed by atoms with Crippen LogP contribution in [0.4, 0.5) is 4.79 Å². The van der Waals surface area contributed by atoms with Gasteiger partial charge < -0.3 is 14.6 Å². The highest BCUT2D eigenvalue weighted by Gasteiger charge is 2.17. The highest BCUT2D eigenvalue weighted by atomic mass is 16.7. The van der Waals surface area contributed by atoms with E-state index in [1.54, 1.807) is 24.3 Å². The Morgan fingerprint density at radius 2 is 1.91 bits per heavy atom. The Kier molecular flexibility index (Phi) is 4.26. The number of carbonyl (C=O) groups is 3. The van der Waals surface area contributed by atoms with Crippen LogP contribution in [0.25, 0.3) is 17.0 Å². The number of carbonyl (C=O) groups excluding carboxylic acids is 2. The lowest BCUT2D eigenvalue weighted by Crippen LogP contribution is -2.11. The summed E-state index contributed by atoms with van der Waals surface area (Å²) < 4.78 is 10.3. The largest absolute Gasteiger partial charge is 0.513 e. The van der Waals surface area contributed by atoms with E-state index in [-0.39, 0.29) is 5.91 Å². The zero-order chi connectivity index (χ0) is 16.3. The summed E-state index contributed by atoms with van der Waals surface area (Å²) in [5.74, 6) is -2.25. The Balaban J connectivity index is 2.57. The lowest BCUT2D eigenvalue weighted by molar-refractivity contribution is -0.135. The topological polar surface area (TPSA) is 94.8 Å². The average molecular weight is 303 g/mol. The van der Waals surface area contributed by atoms with Gasteiger partial charge in [0.2, 0.25) is 11.7 Å². The lowest BCUT2D eigenvalue weighted by Gasteiger charge is -2.02. The Labute approximate surface area is 125 Å². The molecule has 0 aliphatic rings. The highest BCUT2D eigenvalue weighted by molar-refractivity contribution is 6.00. The number of carboxylic acid groups (broad SMARTS) is 1. The second-order valence-electron chi connectivity index (χ2n) is 4.36. The van der Waals surface area contributed by atoms with Gasteiger partial charge in [0.25, 0.3) is 0 Å². The van der Waals surface area contributed by atoms with Gasteiger partial charge in [-0.05, 0) is 12.1 Å². The van der Waals surface area contributed by atoms with E-state index in [1.807, 2.05) is 0 Å². The number of rotatable bonds is 3. The first kappa shape index (κ1) is 15.3. The van der Waals surface area contributed by atoms with Gasteiger partial charge in [0, 0.05) is 24.1 Å². The van der Waals surface area contributed by atoms with Gasteiger partial charge in [-0.15, -0.1) is 0 Å². The van der Waals surface area contributed by atoms with Crippen molar-refractivity contribution in [3.8, 4) is 0 Å². The Morgan fingerprint density at radius 3 is 2.50 bits per heavy atom. The molecule has 0 atom stereocenters. The summed E-state index contributed by atoms with van der Waals surface area (Å²) in [6.45, 7) is 1.39. The first-order chi connectivity index (χ1) is 10.4. The van der Waals surface area contributed by atoms with Gasteiger partial charge in [-0.2, -0.15) is 0 Å². The number of hydrogen-bond donors (Lipinski definition) is 1. The van der Waals surface area contributed by atoms with Gasteiger partial charge in [-0.25, -0.2) is 9.59 Å². The second-order valence-corrected chi connectivity index (χ2v) is 4.36. The summed E-state index contributed by atoms with van der Waals surface area (Å²) in [6, 6.07) is 6.98. The van der Waals surface area contributed by atoms with Crippen molar-refractivity contribution in [1.82, 2.24) is 4.57 Å². The molecule has 0 amide bonds. The third kappa shape index (κ3) is 2.98. The van der Waals surface area contributed by atoms with Gasteiger partial charge in [-0.3, -0.25) is 9.36 Å². The Bertz CT molecular complexity index is 786. The zero-order valence-corrected chi connectivity index (χ0v) is 11.9. The van der Waals surface area contributed by atoms with E-state index in [0.717, 1.165) is 7.11 Å². The summed E-state index contributed by atoms with van der Waals surface area (Å²) in [5.41, 5.74) is 1.07. The van der Waals surface area contributed by atoms with Crippen molar-refractivity contribution in [2.24, 2.45) is 0 Å². The van der Waals surface area contributed by atoms with Crippen molar-refractivity contribution < 1.29 is 29.0 Å². The fraction of sp³-hybridized carbons (Fsp3) is 0.133. The first-order valence-electron chi connectivity index (χ1n) is 6.26. The highest BCUT2D eigenvalue weighted by Crippen LogP contribution is 2.24. The molecular formula is C15H13NO6. The number of aromatic nitrogens is 1. The predicted octanol–water partition coefficient (Wildman–Crippen LogP) is 2.51. The smallest absolute Gasteiger partial charge is 0.475 e. The summed E-state index contributed by atoms with van der Waals surface area (Å²) in [4.78, 5) is 33.9. The van der Waals surface area contributed by atoms with Crippen LogP contribution in [-0.2, 0) is 14.3 Å². The molecule has 0 spiro atoms. The molecule has 114 valence electrons. The second kappa shape index (κ2) is 6.13. The molecule has 1 heterocycles. The quantitative estimate of drug-likeness (QED) is 0.532. The number of aliphatic carboxylic acids is 1. The molecule has 0 aliphatic carbocycles. The molecule has 0 saturated carbocycles. The molecule has 0 aliphatic heterocycles. The van der Waals surface area contributed by atoms with Gasteiger partial charge in [0.1, 0.15) is 0 Å². The zero-order valence-electron chi connectivity index (χ0n) is 11.9. The molecule has 22 heavy (non-hydrogen) atoms. The van der Waals surface area contributed by atoms with Crippen LogP contribution in [-0.4, -0.2) is 34.8 Å². The molecule has 7 heteroatoms. The summed E-state index contributed by atoms with van der Waals surface area (Å²) in [5, 5.41) is 9.75. The van der Waals surface area contributed by atoms with Crippen molar-refractivity contribution in [3.63, 3.8) is 0 Å². The molecule has 0 fully saturated rings. The van der Waals surface area contributed by atoms with Crippen molar-refractivity contribution in [3.05, 3.63) is 41.8 Å². The molecule has 1 aromatic carbocycles. The summed E-state index contributed by atoms with van der Waals surface area (Å²) >= 11 is 0. The number of para-hydroxylation sites is 1. The normalized spacial score (nSPS) is 11.3. The van der Waals surface area contributed by atoms with Crippen molar-refractivity contribution in [1.29, 1.82) is 0 Å². The fourth-order valence-corrected chi connectivity index (χ4v) is 1.99. The minimum atomic E-state index is -1.43. The van der Waals surface area contributed by atoms with E-state index in [2.05, 4.69) is 9.47 Å². The number of nitrogens with zero attached hydrogens (tertiary/aromatic N) is 1. The molecule has 0 bridgehead atoms. The molecule has 2 aromatic rings. The number of benzene rings is 1. The van der Waals surface area contributed by atoms with E-state index in [9.17, 15) is 14.4 Å². The molecule has 0 unspecified atom stereocenters. The van der Waals surface area contributed by atoms with E-state index in [0.29, 0.717) is 16.5 Å². The minimum Gasteiger partial charge on any atom is -0.475 e. The van der Waals surface area contributed by atoms with E-state index < -0.39 is 17.9 Å². The fourth-order valence-electron chi connectivity index (χ4n) is 1.99. The lowest BCUT2D eigenvalue weighted by atomic mass is 10.1. The SMILES string of the molecule is COC(=O)O/C(=C/c1cn(C(C)=O)c2ccccc12)C(=O)O. The van der Waals surface area contributed by atoms with Crippen molar-refractivity contribution in [2.75, 3.05) is 7.11 Å². The number of ether oxygens (including phenoxy) is 2. The van der Waals surface area contributed by atoms with Crippen LogP contribution >= 0.6 is 0 Å². The third-order valence-electron chi connectivity index (χ3n) is 2.94. The molecule has 1 aromatic heterocycles. The summed E-state index contributed by atoms with van der Waals surface area (Å²) in [6.07, 6.45) is 1.52. The average Bonchev–Trinajstić information content (AvgIpc) is 2.85. The third-order valence-corrected chi connectivity index (χ3v) is 2.94. The van der Waals surface area contributed by atoms with Crippen molar-refractivity contribution >= 4 is 35.0 Å². The van der Waals surface area contributed by atoms with E-state index in [1.165, 1.54) is 23.8 Å². The molecular weight excluding hydrogens is 290 g/mol. The van der Waals surface area contributed by atoms with Crippen LogP contribution in [0.5, 0.6) is 0 Å². The summed E-state index contributed by atoms with van der Waals surface area (Å²) in [7, 11) is 1.07. The van der Waals surface area contributed by atoms with E-state index in [4.69, 9.17) is 5.11 Å². The minimum absolute atomic E-state index is 0.221.